The minimum Gasteiger partial charge on any atom is -0.445 e. The average molecular weight is 242 g/mol. The lowest BCUT2D eigenvalue weighted by atomic mass is 10.1. The van der Waals surface area contributed by atoms with Crippen molar-refractivity contribution in [1.29, 1.82) is 0 Å². The predicted molar refractivity (Wildman–Crippen MR) is 63.1 cm³/mol. The van der Waals surface area contributed by atoms with Gasteiger partial charge in [0.2, 0.25) is 17.6 Å². The molecule has 0 fully saturated rings. The summed E-state index contributed by atoms with van der Waals surface area (Å²) in [5.74, 6) is 1.47. The summed E-state index contributed by atoms with van der Waals surface area (Å²) in [5, 5.41) is 3.86. The first kappa shape index (κ1) is 10.7. The van der Waals surface area contributed by atoms with E-state index in [1.54, 1.807) is 6.20 Å². The van der Waals surface area contributed by atoms with Crippen LogP contribution in [0.3, 0.4) is 0 Å². The number of hydrogen-bond donors (Lipinski definition) is 1. The summed E-state index contributed by atoms with van der Waals surface area (Å²) < 4.78 is 10.2. The Morgan fingerprint density at radius 3 is 2.83 bits per heavy atom. The Balaban J connectivity index is 2.00. The Bertz CT molecular complexity index is 646. The fourth-order valence-corrected chi connectivity index (χ4v) is 1.61. The van der Waals surface area contributed by atoms with Gasteiger partial charge in [-0.2, -0.15) is 4.98 Å². The molecule has 0 bridgehead atoms. The number of oxazole rings is 1. The molecule has 0 atom stereocenters. The van der Waals surface area contributed by atoms with Gasteiger partial charge in [-0.05, 0) is 12.1 Å². The summed E-state index contributed by atoms with van der Waals surface area (Å²) in [6.07, 6.45) is 3.13. The fourth-order valence-electron chi connectivity index (χ4n) is 1.61. The van der Waals surface area contributed by atoms with Gasteiger partial charge >= 0.3 is 0 Å². The molecule has 0 aliphatic heterocycles. The molecule has 2 heterocycles. The lowest BCUT2D eigenvalue weighted by molar-refractivity contribution is 0.380. The summed E-state index contributed by atoms with van der Waals surface area (Å²) >= 11 is 0. The van der Waals surface area contributed by atoms with Crippen molar-refractivity contribution in [3.63, 3.8) is 0 Å². The van der Waals surface area contributed by atoms with E-state index < -0.39 is 0 Å². The lowest BCUT2D eigenvalue weighted by Crippen LogP contribution is -1.95. The van der Waals surface area contributed by atoms with E-state index in [4.69, 9.17) is 14.7 Å². The molecule has 0 unspecified atom stereocenters. The van der Waals surface area contributed by atoms with Crippen molar-refractivity contribution in [1.82, 2.24) is 15.1 Å². The first-order chi connectivity index (χ1) is 8.86. The Morgan fingerprint density at radius 2 is 2.11 bits per heavy atom. The van der Waals surface area contributed by atoms with Gasteiger partial charge in [0.05, 0.1) is 12.7 Å². The Hall–Kier alpha value is -2.47. The smallest absolute Gasteiger partial charge is 0.240 e. The molecule has 2 aromatic heterocycles. The van der Waals surface area contributed by atoms with Gasteiger partial charge < -0.3 is 14.7 Å². The average Bonchev–Trinajstić information content (AvgIpc) is 3.10. The largest absolute Gasteiger partial charge is 0.445 e. The number of benzene rings is 1. The van der Waals surface area contributed by atoms with E-state index in [9.17, 15) is 0 Å². The normalized spacial score (nSPS) is 10.7. The molecule has 0 amide bonds. The van der Waals surface area contributed by atoms with Crippen LogP contribution in [0.5, 0.6) is 0 Å². The number of aromatic nitrogens is 3. The van der Waals surface area contributed by atoms with E-state index in [-0.39, 0.29) is 6.54 Å². The van der Waals surface area contributed by atoms with Crippen molar-refractivity contribution in [3.05, 3.63) is 42.6 Å². The molecule has 18 heavy (non-hydrogen) atoms. The van der Waals surface area contributed by atoms with Gasteiger partial charge in [0.25, 0.3) is 0 Å². The molecule has 90 valence electrons. The Morgan fingerprint density at radius 1 is 1.22 bits per heavy atom. The van der Waals surface area contributed by atoms with Crippen LogP contribution in [-0.4, -0.2) is 15.1 Å². The zero-order valence-electron chi connectivity index (χ0n) is 9.41. The molecule has 0 spiro atoms. The molecule has 0 saturated heterocycles. The standard InChI is InChI=1S/C12H10N4O2/c13-7-10-15-11(16-18-10)8-2-1-3-9(6-8)12-14-4-5-17-12/h1-6H,7,13H2. The molecule has 3 aromatic rings. The van der Waals surface area contributed by atoms with Crippen molar-refractivity contribution >= 4 is 0 Å². The Kier molecular flexibility index (Phi) is 2.62. The second-order valence-corrected chi connectivity index (χ2v) is 3.63. The molecule has 3 rings (SSSR count). The molecule has 2 N–H and O–H groups in total. The van der Waals surface area contributed by atoms with Crippen LogP contribution in [0.4, 0.5) is 0 Å². The maximum absolute atomic E-state index is 5.43. The van der Waals surface area contributed by atoms with Crippen LogP contribution in [0.1, 0.15) is 5.89 Å². The van der Waals surface area contributed by atoms with Crippen LogP contribution in [-0.2, 0) is 6.54 Å². The van der Waals surface area contributed by atoms with Gasteiger partial charge in [0.15, 0.2) is 0 Å². The van der Waals surface area contributed by atoms with E-state index in [1.807, 2.05) is 24.3 Å². The first-order valence-corrected chi connectivity index (χ1v) is 5.40. The topological polar surface area (TPSA) is 91.0 Å². The van der Waals surface area contributed by atoms with Crippen molar-refractivity contribution in [3.8, 4) is 22.8 Å². The Labute approximate surface area is 102 Å². The maximum atomic E-state index is 5.43. The van der Waals surface area contributed by atoms with Crippen LogP contribution in [0.2, 0.25) is 0 Å². The quantitative estimate of drug-likeness (QED) is 0.753. The van der Waals surface area contributed by atoms with Gasteiger partial charge in [-0.3, -0.25) is 0 Å². The highest BCUT2D eigenvalue weighted by atomic mass is 16.5. The SMILES string of the molecule is NCc1nc(-c2cccc(-c3ncco3)c2)no1. The number of hydrogen-bond acceptors (Lipinski definition) is 6. The molecular formula is C12H10N4O2. The van der Waals surface area contributed by atoms with E-state index >= 15 is 0 Å². The zero-order chi connectivity index (χ0) is 12.4. The van der Waals surface area contributed by atoms with Crippen molar-refractivity contribution in [2.45, 2.75) is 6.54 Å². The molecule has 1 aromatic carbocycles. The lowest BCUT2D eigenvalue weighted by Gasteiger charge is -1.97. The summed E-state index contributed by atoms with van der Waals surface area (Å²) in [4.78, 5) is 8.26. The third-order valence-corrected chi connectivity index (χ3v) is 2.44. The molecule has 6 heteroatoms. The minimum atomic E-state index is 0.229. The van der Waals surface area contributed by atoms with Crippen LogP contribution >= 0.6 is 0 Å². The molecule has 0 radical (unpaired) electrons. The molecule has 0 aliphatic rings. The summed E-state index contributed by atoms with van der Waals surface area (Å²) in [6.45, 7) is 0.229. The molecule has 0 aliphatic carbocycles. The number of nitrogens with zero attached hydrogens (tertiary/aromatic N) is 3. The van der Waals surface area contributed by atoms with E-state index in [2.05, 4.69) is 15.1 Å². The maximum Gasteiger partial charge on any atom is 0.240 e. The van der Waals surface area contributed by atoms with Crippen LogP contribution in [0, 0.1) is 0 Å². The van der Waals surface area contributed by atoms with Crippen LogP contribution in [0.25, 0.3) is 22.8 Å². The molecular weight excluding hydrogens is 232 g/mol. The third-order valence-electron chi connectivity index (χ3n) is 2.44. The zero-order valence-corrected chi connectivity index (χ0v) is 9.41. The highest BCUT2D eigenvalue weighted by molar-refractivity contribution is 5.64. The number of nitrogens with two attached hydrogens (primary N) is 1. The van der Waals surface area contributed by atoms with E-state index in [0.29, 0.717) is 17.6 Å². The first-order valence-electron chi connectivity index (χ1n) is 5.40. The van der Waals surface area contributed by atoms with Gasteiger partial charge in [-0.25, -0.2) is 4.98 Å². The second kappa shape index (κ2) is 4.42. The van der Waals surface area contributed by atoms with Crippen molar-refractivity contribution in [2.75, 3.05) is 0 Å². The van der Waals surface area contributed by atoms with Gasteiger partial charge in [-0.15, -0.1) is 0 Å². The summed E-state index contributed by atoms with van der Waals surface area (Å²) in [6, 6.07) is 7.56. The van der Waals surface area contributed by atoms with Crippen molar-refractivity contribution in [2.24, 2.45) is 5.73 Å². The molecule has 6 nitrogen and oxygen atoms in total. The van der Waals surface area contributed by atoms with Gasteiger partial charge in [0.1, 0.15) is 6.26 Å². The summed E-state index contributed by atoms with van der Waals surface area (Å²) in [5.41, 5.74) is 7.11. The highest BCUT2D eigenvalue weighted by Crippen LogP contribution is 2.23. The van der Waals surface area contributed by atoms with Crippen molar-refractivity contribution < 1.29 is 8.94 Å². The molecule has 0 saturated carbocycles. The second-order valence-electron chi connectivity index (χ2n) is 3.63. The van der Waals surface area contributed by atoms with E-state index in [1.165, 1.54) is 6.26 Å². The number of rotatable bonds is 3. The van der Waals surface area contributed by atoms with Gasteiger partial charge in [0, 0.05) is 11.1 Å². The van der Waals surface area contributed by atoms with Crippen LogP contribution in [0.15, 0.2) is 45.7 Å². The van der Waals surface area contributed by atoms with Crippen LogP contribution < -0.4 is 5.73 Å². The fraction of sp³-hybridized carbons (Fsp3) is 0.0833. The highest BCUT2D eigenvalue weighted by Gasteiger charge is 2.09. The third kappa shape index (κ3) is 1.89. The van der Waals surface area contributed by atoms with Gasteiger partial charge in [-0.1, -0.05) is 17.3 Å². The monoisotopic (exact) mass is 242 g/mol. The summed E-state index contributed by atoms with van der Waals surface area (Å²) in [7, 11) is 0. The minimum absolute atomic E-state index is 0.229. The predicted octanol–water partition coefficient (Wildman–Crippen LogP) is 1.85. The van der Waals surface area contributed by atoms with E-state index in [0.717, 1.165) is 11.1 Å².